The minimum absolute atomic E-state index is 0.167. The zero-order chi connectivity index (χ0) is 12.9. The van der Waals surface area contributed by atoms with Gasteiger partial charge in [0.15, 0.2) is 0 Å². The molecule has 1 amide bonds. The summed E-state index contributed by atoms with van der Waals surface area (Å²) in [6.07, 6.45) is 1.18. The number of hydrogen-bond donors (Lipinski definition) is 3. The molecule has 0 aliphatic rings. The maximum absolute atomic E-state index is 11.0. The highest BCUT2D eigenvalue weighted by atomic mass is 16.4. The molecule has 0 aliphatic heterocycles. The molecule has 92 valence electrons. The van der Waals surface area contributed by atoms with Crippen LogP contribution < -0.4 is 5.32 Å². The van der Waals surface area contributed by atoms with E-state index in [1.54, 1.807) is 24.3 Å². The van der Waals surface area contributed by atoms with Crippen molar-refractivity contribution in [2.75, 3.05) is 0 Å². The second-order valence-corrected chi connectivity index (χ2v) is 4.07. The Morgan fingerprint density at radius 3 is 2.47 bits per heavy atom. The molecule has 0 radical (unpaired) electrons. The van der Waals surface area contributed by atoms with Gasteiger partial charge in [0.1, 0.15) is 11.3 Å². The third kappa shape index (κ3) is 3.48. The first kappa shape index (κ1) is 13.0. The van der Waals surface area contributed by atoms with E-state index in [1.165, 1.54) is 6.92 Å². The molecule has 1 atom stereocenters. The first-order chi connectivity index (χ1) is 7.98. The van der Waals surface area contributed by atoms with Crippen molar-refractivity contribution >= 4 is 12.4 Å². The zero-order valence-electron chi connectivity index (χ0n) is 9.51. The number of carboxylic acids is 1. The number of hydrogen-bond acceptors (Lipinski definition) is 3. The van der Waals surface area contributed by atoms with Crippen LogP contribution in [0.4, 0.5) is 0 Å². The number of aryl methyl sites for hydroxylation is 1. The van der Waals surface area contributed by atoms with Gasteiger partial charge in [0.25, 0.3) is 0 Å². The molecule has 17 heavy (non-hydrogen) atoms. The first-order valence-electron chi connectivity index (χ1n) is 5.20. The largest absolute Gasteiger partial charge is 0.508 e. The van der Waals surface area contributed by atoms with Crippen molar-refractivity contribution in [3.8, 4) is 5.75 Å². The molecule has 0 spiro atoms. The monoisotopic (exact) mass is 237 g/mol. The Labute approximate surface area is 99.1 Å². The summed E-state index contributed by atoms with van der Waals surface area (Å²) >= 11 is 0. The molecular formula is C12H15NO4. The van der Waals surface area contributed by atoms with E-state index in [2.05, 4.69) is 5.32 Å². The maximum Gasteiger partial charge on any atom is 0.329 e. The van der Waals surface area contributed by atoms with E-state index >= 15 is 0 Å². The van der Waals surface area contributed by atoms with Crippen LogP contribution in [0.25, 0.3) is 0 Å². The lowest BCUT2D eigenvalue weighted by molar-refractivity contribution is -0.145. The Kier molecular flexibility index (Phi) is 4.09. The third-order valence-electron chi connectivity index (χ3n) is 2.70. The summed E-state index contributed by atoms with van der Waals surface area (Å²) in [4.78, 5) is 21.4. The summed E-state index contributed by atoms with van der Waals surface area (Å²) in [5.41, 5.74) is -0.359. The van der Waals surface area contributed by atoms with Crippen LogP contribution in [0.2, 0.25) is 0 Å². The van der Waals surface area contributed by atoms with Crippen molar-refractivity contribution in [3.63, 3.8) is 0 Å². The van der Waals surface area contributed by atoms with Gasteiger partial charge in [-0.1, -0.05) is 12.1 Å². The molecule has 0 bridgehead atoms. The number of carbonyl (C=O) groups excluding carboxylic acids is 1. The number of nitrogens with one attached hydrogen (secondary N) is 1. The predicted molar refractivity (Wildman–Crippen MR) is 61.7 cm³/mol. The Morgan fingerprint density at radius 2 is 2.00 bits per heavy atom. The van der Waals surface area contributed by atoms with Gasteiger partial charge in [0.05, 0.1) is 0 Å². The Morgan fingerprint density at radius 1 is 1.41 bits per heavy atom. The van der Waals surface area contributed by atoms with Gasteiger partial charge in [-0.2, -0.15) is 0 Å². The maximum atomic E-state index is 11.0. The highest BCUT2D eigenvalue weighted by molar-refractivity contribution is 5.80. The molecule has 0 saturated carbocycles. The van der Waals surface area contributed by atoms with Crippen LogP contribution in [-0.2, 0) is 16.0 Å². The van der Waals surface area contributed by atoms with E-state index in [0.717, 1.165) is 5.56 Å². The molecule has 5 heteroatoms. The van der Waals surface area contributed by atoms with E-state index in [1.807, 2.05) is 0 Å². The predicted octanol–water partition coefficient (Wildman–Crippen LogP) is 0.914. The van der Waals surface area contributed by atoms with Crippen LogP contribution in [0.15, 0.2) is 24.3 Å². The summed E-state index contributed by atoms with van der Waals surface area (Å²) < 4.78 is 0. The number of rotatable bonds is 6. The fourth-order valence-electron chi connectivity index (χ4n) is 1.43. The number of amides is 1. The fraction of sp³-hybridized carbons (Fsp3) is 0.333. The number of phenolic OH excluding ortho intramolecular Hbond substituents is 1. The van der Waals surface area contributed by atoms with Crippen molar-refractivity contribution in [1.29, 1.82) is 0 Å². The van der Waals surface area contributed by atoms with Gasteiger partial charge in [0.2, 0.25) is 6.41 Å². The van der Waals surface area contributed by atoms with Gasteiger partial charge < -0.3 is 15.5 Å². The summed E-state index contributed by atoms with van der Waals surface area (Å²) in [5.74, 6) is -0.899. The van der Waals surface area contributed by atoms with Crippen LogP contribution in [0.5, 0.6) is 5.75 Å². The lowest BCUT2D eigenvalue weighted by atomic mass is 9.93. The van der Waals surface area contributed by atoms with Crippen LogP contribution in [0.3, 0.4) is 0 Å². The number of carbonyl (C=O) groups is 2. The molecular weight excluding hydrogens is 222 g/mol. The highest BCUT2D eigenvalue weighted by Crippen LogP contribution is 2.16. The molecule has 0 fully saturated rings. The van der Waals surface area contributed by atoms with Crippen LogP contribution in [-0.4, -0.2) is 28.1 Å². The van der Waals surface area contributed by atoms with E-state index < -0.39 is 11.5 Å². The number of phenols is 1. The molecule has 1 unspecified atom stereocenters. The van der Waals surface area contributed by atoms with Gasteiger partial charge in [-0.05, 0) is 37.5 Å². The van der Waals surface area contributed by atoms with Gasteiger partial charge in [-0.25, -0.2) is 4.79 Å². The van der Waals surface area contributed by atoms with E-state index in [4.69, 9.17) is 10.2 Å². The molecule has 1 aromatic carbocycles. The van der Waals surface area contributed by atoms with Crippen molar-refractivity contribution in [2.45, 2.75) is 25.3 Å². The van der Waals surface area contributed by atoms with Crippen LogP contribution in [0, 0.1) is 0 Å². The zero-order valence-corrected chi connectivity index (χ0v) is 9.51. The minimum atomic E-state index is -1.26. The summed E-state index contributed by atoms with van der Waals surface area (Å²) in [6, 6.07) is 6.53. The normalized spacial score (nSPS) is 13.7. The smallest absolute Gasteiger partial charge is 0.329 e. The average Bonchev–Trinajstić information content (AvgIpc) is 2.28. The summed E-state index contributed by atoms with van der Waals surface area (Å²) in [7, 11) is 0. The molecule has 1 aromatic rings. The fourth-order valence-corrected chi connectivity index (χ4v) is 1.43. The second kappa shape index (κ2) is 5.34. The Hall–Kier alpha value is -2.04. The standard InChI is InChI=1S/C12H15NO4/c1-12(11(16)17,13-8-14)7-6-9-2-4-10(15)5-3-9/h2-5,8,15H,6-7H2,1H3,(H,13,14)(H,16,17). The molecule has 0 heterocycles. The van der Waals surface area contributed by atoms with Crippen molar-refractivity contribution in [2.24, 2.45) is 0 Å². The SMILES string of the molecule is CC(CCc1ccc(O)cc1)(NC=O)C(=O)O. The number of benzene rings is 1. The summed E-state index contributed by atoms with van der Waals surface area (Å²) in [6.45, 7) is 1.46. The highest BCUT2D eigenvalue weighted by Gasteiger charge is 2.31. The topological polar surface area (TPSA) is 86.6 Å². The quantitative estimate of drug-likeness (QED) is 0.642. The molecule has 0 aromatic heterocycles. The van der Waals surface area contributed by atoms with Gasteiger partial charge in [-0.3, -0.25) is 4.79 Å². The van der Waals surface area contributed by atoms with E-state index in [9.17, 15) is 9.59 Å². The third-order valence-corrected chi connectivity index (χ3v) is 2.70. The number of carboxylic acid groups (broad SMARTS) is 1. The lowest BCUT2D eigenvalue weighted by Gasteiger charge is -2.23. The Bertz CT molecular complexity index is 401. The van der Waals surface area contributed by atoms with E-state index in [0.29, 0.717) is 12.8 Å². The summed E-state index contributed by atoms with van der Waals surface area (Å²) in [5, 5.41) is 20.4. The Balaban J connectivity index is 2.67. The minimum Gasteiger partial charge on any atom is -0.508 e. The molecule has 0 saturated heterocycles. The van der Waals surface area contributed by atoms with Crippen molar-refractivity contribution in [1.82, 2.24) is 5.32 Å². The number of aromatic hydroxyl groups is 1. The number of aliphatic carboxylic acids is 1. The molecule has 3 N–H and O–H groups in total. The average molecular weight is 237 g/mol. The van der Waals surface area contributed by atoms with E-state index in [-0.39, 0.29) is 12.2 Å². The van der Waals surface area contributed by atoms with Gasteiger partial charge >= 0.3 is 5.97 Å². The van der Waals surface area contributed by atoms with Gasteiger partial charge in [-0.15, -0.1) is 0 Å². The van der Waals surface area contributed by atoms with Crippen LogP contribution >= 0.6 is 0 Å². The first-order valence-corrected chi connectivity index (χ1v) is 5.20. The second-order valence-electron chi connectivity index (χ2n) is 4.07. The molecule has 5 nitrogen and oxygen atoms in total. The van der Waals surface area contributed by atoms with Crippen molar-refractivity contribution < 1.29 is 19.8 Å². The van der Waals surface area contributed by atoms with Crippen LogP contribution in [0.1, 0.15) is 18.9 Å². The molecule has 0 aliphatic carbocycles. The molecule has 1 rings (SSSR count). The van der Waals surface area contributed by atoms with Crippen molar-refractivity contribution in [3.05, 3.63) is 29.8 Å². The van der Waals surface area contributed by atoms with Gasteiger partial charge in [0, 0.05) is 0 Å². The lowest BCUT2D eigenvalue weighted by Crippen LogP contribution is -2.49.